The standard InChI is InChI=1S/C27H35BrCl2N2O3/c1-7-23(26(34)31-14-17(2)3)32(15-18-8-10-20(29)13-22(18)30)25(33)16-35-24-11-9-19(12-21(24)28)27(4,5)6/h8-13,17,23H,7,14-16H2,1-6H3,(H,31,34)/t23-/m0/s1. The van der Waals surface area contributed by atoms with E-state index < -0.39 is 6.04 Å². The second-order valence-electron chi connectivity index (χ2n) is 10.0. The van der Waals surface area contributed by atoms with Gasteiger partial charge in [-0.15, -0.1) is 0 Å². The van der Waals surface area contributed by atoms with Crippen LogP contribution in [0.25, 0.3) is 0 Å². The van der Waals surface area contributed by atoms with Gasteiger partial charge < -0.3 is 15.0 Å². The predicted octanol–water partition coefficient (Wildman–Crippen LogP) is 7.01. The Morgan fingerprint density at radius 3 is 2.34 bits per heavy atom. The highest BCUT2D eigenvalue weighted by Gasteiger charge is 2.29. The SMILES string of the molecule is CC[C@@H](C(=O)NCC(C)C)N(Cc1ccc(Cl)cc1Cl)C(=O)COc1ccc(C(C)(C)C)cc1Br. The van der Waals surface area contributed by atoms with Gasteiger partial charge in [-0.25, -0.2) is 0 Å². The van der Waals surface area contributed by atoms with Gasteiger partial charge in [-0.1, -0.05) is 76.9 Å². The molecule has 8 heteroatoms. The summed E-state index contributed by atoms with van der Waals surface area (Å²) in [6, 6.07) is 10.3. The Morgan fingerprint density at radius 1 is 1.11 bits per heavy atom. The maximum absolute atomic E-state index is 13.4. The number of hydrogen-bond acceptors (Lipinski definition) is 3. The molecule has 0 saturated carbocycles. The van der Waals surface area contributed by atoms with Crippen LogP contribution >= 0.6 is 39.1 Å². The molecule has 0 aromatic heterocycles. The molecule has 0 fully saturated rings. The van der Waals surface area contributed by atoms with Crippen molar-refractivity contribution in [3.8, 4) is 5.75 Å². The summed E-state index contributed by atoms with van der Waals surface area (Å²) >= 11 is 16.0. The van der Waals surface area contributed by atoms with Gasteiger partial charge in [0, 0.05) is 23.1 Å². The fraction of sp³-hybridized carbons (Fsp3) is 0.481. The van der Waals surface area contributed by atoms with Crippen LogP contribution in [0.4, 0.5) is 0 Å². The molecule has 0 bridgehead atoms. The van der Waals surface area contributed by atoms with Crippen molar-refractivity contribution < 1.29 is 14.3 Å². The molecule has 0 unspecified atom stereocenters. The van der Waals surface area contributed by atoms with Crippen LogP contribution in [0, 0.1) is 5.92 Å². The van der Waals surface area contributed by atoms with Gasteiger partial charge in [-0.2, -0.15) is 0 Å². The number of nitrogens with one attached hydrogen (secondary N) is 1. The van der Waals surface area contributed by atoms with Crippen LogP contribution in [-0.4, -0.2) is 35.9 Å². The molecule has 5 nitrogen and oxygen atoms in total. The highest BCUT2D eigenvalue weighted by molar-refractivity contribution is 9.10. The Bertz CT molecular complexity index is 1040. The fourth-order valence-corrected chi connectivity index (χ4v) is 4.44. The summed E-state index contributed by atoms with van der Waals surface area (Å²) in [5.41, 5.74) is 1.84. The maximum atomic E-state index is 13.4. The van der Waals surface area contributed by atoms with Gasteiger partial charge in [-0.3, -0.25) is 9.59 Å². The summed E-state index contributed by atoms with van der Waals surface area (Å²) in [5, 5.41) is 3.89. The molecule has 35 heavy (non-hydrogen) atoms. The minimum absolute atomic E-state index is 0.0107. The Balaban J connectivity index is 2.27. The Hall–Kier alpha value is -1.76. The van der Waals surface area contributed by atoms with E-state index in [1.807, 2.05) is 39.0 Å². The van der Waals surface area contributed by atoms with Gasteiger partial charge in [0.2, 0.25) is 5.91 Å². The Kier molecular flexibility index (Phi) is 10.9. The van der Waals surface area contributed by atoms with Crippen LogP contribution in [0.2, 0.25) is 10.0 Å². The highest BCUT2D eigenvalue weighted by atomic mass is 79.9. The van der Waals surface area contributed by atoms with Crippen LogP contribution in [0.1, 0.15) is 59.1 Å². The number of rotatable bonds is 10. The van der Waals surface area contributed by atoms with Crippen molar-refractivity contribution in [2.75, 3.05) is 13.2 Å². The number of carbonyl (C=O) groups excluding carboxylic acids is 2. The van der Waals surface area contributed by atoms with Gasteiger partial charge in [-0.05, 0) is 69.1 Å². The molecule has 2 rings (SSSR count). The quantitative estimate of drug-likeness (QED) is 0.326. The highest BCUT2D eigenvalue weighted by Crippen LogP contribution is 2.31. The first kappa shape index (κ1) is 29.5. The zero-order valence-corrected chi connectivity index (χ0v) is 24.4. The van der Waals surface area contributed by atoms with Crippen LogP contribution in [-0.2, 0) is 21.5 Å². The number of ether oxygens (including phenoxy) is 1. The van der Waals surface area contributed by atoms with Crippen molar-refractivity contribution in [3.63, 3.8) is 0 Å². The van der Waals surface area contributed by atoms with E-state index in [4.69, 9.17) is 27.9 Å². The molecule has 0 aliphatic carbocycles. The average Bonchev–Trinajstić information content (AvgIpc) is 2.77. The van der Waals surface area contributed by atoms with Crippen LogP contribution in [0.15, 0.2) is 40.9 Å². The minimum Gasteiger partial charge on any atom is -0.483 e. The van der Waals surface area contributed by atoms with Crippen LogP contribution in [0.5, 0.6) is 5.75 Å². The molecule has 1 atom stereocenters. The first-order chi connectivity index (χ1) is 16.3. The average molecular weight is 586 g/mol. The molecule has 0 heterocycles. The number of benzene rings is 2. The van der Waals surface area contributed by atoms with Crippen molar-refractivity contribution in [2.24, 2.45) is 5.92 Å². The molecule has 2 amide bonds. The summed E-state index contributed by atoms with van der Waals surface area (Å²) < 4.78 is 6.65. The molecule has 0 radical (unpaired) electrons. The zero-order valence-electron chi connectivity index (χ0n) is 21.3. The molecule has 0 saturated heterocycles. The first-order valence-corrected chi connectivity index (χ1v) is 13.3. The number of nitrogens with zero attached hydrogens (tertiary/aromatic N) is 1. The lowest BCUT2D eigenvalue weighted by Gasteiger charge is -2.31. The predicted molar refractivity (Wildman–Crippen MR) is 147 cm³/mol. The summed E-state index contributed by atoms with van der Waals surface area (Å²) in [6.07, 6.45) is 0.449. The molecular formula is C27H35BrCl2N2O3. The molecule has 192 valence electrons. The summed E-state index contributed by atoms with van der Waals surface area (Å²) in [5.74, 6) is 0.348. The third kappa shape index (κ3) is 8.69. The molecule has 1 N–H and O–H groups in total. The molecular weight excluding hydrogens is 551 g/mol. The molecule has 0 aliphatic heterocycles. The fourth-order valence-electron chi connectivity index (χ4n) is 3.48. The normalized spacial score (nSPS) is 12.4. The lowest BCUT2D eigenvalue weighted by molar-refractivity contribution is -0.143. The van der Waals surface area contributed by atoms with E-state index in [1.54, 1.807) is 18.2 Å². The summed E-state index contributed by atoms with van der Waals surface area (Å²) in [4.78, 5) is 28.0. The van der Waals surface area contributed by atoms with E-state index in [0.717, 1.165) is 10.0 Å². The summed E-state index contributed by atoms with van der Waals surface area (Å²) in [6.45, 7) is 12.8. The molecule has 0 spiro atoms. The topological polar surface area (TPSA) is 58.6 Å². The molecule has 0 aliphatic rings. The molecule has 2 aromatic carbocycles. The number of carbonyl (C=O) groups is 2. The Labute approximate surface area is 227 Å². The monoisotopic (exact) mass is 584 g/mol. The van der Waals surface area contributed by atoms with E-state index in [9.17, 15) is 9.59 Å². The van der Waals surface area contributed by atoms with Gasteiger partial charge in [0.15, 0.2) is 6.61 Å². The minimum atomic E-state index is -0.664. The zero-order chi connectivity index (χ0) is 26.3. The van der Waals surface area contributed by atoms with E-state index in [0.29, 0.717) is 40.2 Å². The van der Waals surface area contributed by atoms with Crippen LogP contribution < -0.4 is 10.1 Å². The van der Waals surface area contributed by atoms with Gasteiger partial charge >= 0.3 is 0 Å². The second kappa shape index (κ2) is 13.0. The third-order valence-corrected chi connectivity index (χ3v) is 6.78. The lowest BCUT2D eigenvalue weighted by Crippen LogP contribution is -2.50. The first-order valence-electron chi connectivity index (χ1n) is 11.8. The van der Waals surface area contributed by atoms with Gasteiger partial charge in [0.1, 0.15) is 11.8 Å². The largest absolute Gasteiger partial charge is 0.483 e. The van der Waals surface area contributed by atoms with Crippen molar-refractivity contribution in [3.05, 3.63) is 62.0 Å². The van der Waals surface area contributed by atoms with Crippen molar-refractivity contribution >= 4 is 50.9 Å². The van der Waals surface area contributed by atoms with Gasteiger partial charge in [0.25, 0.3) is 5.91 Å². The molecule has 2 aromatic rings. The number of amides is 2. The second-order valence-corrected chi connectivity index (χ2v) is 11.7. The van der Waals surface area contributed by atoms with Crippen molar-refractivity contribution in [1.29, 1.82) is 0 Å². The van der Waals surface area contributed by atoms with E-state index in [1.165, 1.54) is 4.90 Å². The van der Waals surface area contributed by atoms with E-state index in [2.05, 4.69) is 42.0 Å². The smallest absolute Gasteiger partial charge is 0.261 e. The van der Waals surface area contributed by atoms with E-state index in [-0.39, 0.29) is 30.4 Å². The van der Waals surface area contributed by atoms with Crippen molar-refractivity contribution in [1.82, 2.24) is 10.2 Å². The van der Waals surface area contributed by atoms with Crippen molar-refractivity contribution in [2.45, 2.75) is 66.0 Å². The number of halogens is 3. The maximum Gasteiger partial charge on any atom is 0.261 e. The van der Waals surface area contributed by atoms with E-state index >= 15 is 0 Å². The van der Waals surface area contributed by atoms with Crippen LogP contribution in [0.3, 0.4) is 0 Å². The Morgan fingerprint density at radius 2 is 1.80 bits per heavy atom. The third-order valence-electron chi connectivity index (χ3n) is 5.58. The number of hydrogen-bond donors (Lipinski definition) is 1. The summed E-state index contributed by atoms with van der Waals surface area (Å²) in [7, 11) is 0. The lowest BCUT2D eigenvalue weighted by atomic mass is 9.87. The van der Waals surface area contributed by atoms with Gasteiger partial charge in [0.05, 0.1) is 4.47 Å².